The van der Waals surface area contributed by atoms with E-state index in [4.69, 9.17) is 19.9 Å². The number of methoxy groups -OCH3 is 1. The van der Waals surface area contributed by atoms with E-state index in [1.807, 2.05) is 0 Å². The molecule has 0 unspecified atom stereocenters. The van der Waals surface area contributed by atoms with Crippen molar-refractivity contribution in [2.45, 2.75) is 6.92 Å². The molecule has 1 fully saturated rings. The maximum absolute atomic E-state index is 14.0. The molecule has 14 nitrogen and oxygen atoms in total. The van der Waals surface area contributed by atoms with Gasteiger partial charge in [0.15, 0.2) is 11.6 Å². The van der Waals surface area contributed by atoms with Crippen LogP contribution in [0.15, 0.2) is 60.9 Å². The minimum Gasteiger partial charge on any atom is -0.495 e. The number of sulfonamides is 1. The summed E-state index contributed by atoms with van der Waals surface area (Å²) in [5.41, 5.74) is 8.30. The van der Waals surface area contributed by atoms with E-state index in [1.54, 1.807) is 37.3 Å². The number of nitrogen functional groups attached to an aromatic ring is 1. The number of ketones is 1. The molecule has 0 atom stereocenters. The van der Waals surface area contributed by atoms with Gasteiger partial charge >= 0.3 is 0 Å². The second kappa shape index (κ2) is 12.7. The highest BCUT2D eigenvalue weighted by Gasteiger charge is 2.26. The summed E-state index contributed by atoms with van der Waals surface area (Å²) in [6.45, 7) is 3.11. The number of nitrogens with one attached hydrogen (secondary N) is 2. The predicted molar refractivity (Wildman–Crippen MR) is 170 cm³/mol. The van der Waals surface area contributed by atoms with Gasteiger partial charge in [0.2, 0.25) is 27.6 Å². The van der Waals surface area contributed by atoms with E-state index in [0.29, 0.717) is 48.5 Å². The molecular formula is C31H30FN7O7S. The number of aryl methyl sites for hydroxylation is 1. The molecule has 0 saturated carbocycles. The van der Waals surface area contributed by atoms with Gasteiger partial charge in [-0.15, -0.1) is 0 Å². The van der Waals surface area contributed by atoms with Gasteiger partial charge in [-0.25, -0.2) is 22.5 Å². The van der Waals surface area contributed by atoms with E-state index in [0.717, 1.165) is 0 Å². The summed E-state index contributed by atoms with van der Waals surface area (Å²) < 4.78 is 59.8. The number of hydrogen-bond acceptors (Lipinski definition) is 10. The van der Waals surface area contributed by atoms with E-state index in [1.165, 1.54) is 47.3 Å². The van der Waals surface area contributed by atoms with Crippen LogP contribution in [0.25, 0.3) is 16.6 Å². The minimum absolute atomic E-state index is 0.0259. The lowest BCUT2D eigenvalue weighted by Crippen LogP contribution is -2.44. The molecule has 0 aliphatic carbocycles. The van der Waals surface area contributed by atoms with Crippen molar-refractivity contribution in [1.82, 2.24) is 24.6 Å². The molecule has 1 aliphatic rings. The molecule has 0 bridgehead atoms. The van der Waals surface area contributed by atoms with Gasteiger partial charge in [0, 0.05) is 30.1 Å². The summed E-state index contributed by atoms with van der Waals surface area (Å²) in [5.74, 6) is -1.85. The van der Waals surface area contributed by atoms with E-state index < -0.39 is 33.3 Å². The number of rotatable bonds is 10. The number of fused-ring (bicyclic) bond motifs is 1. The zero-order valence-corrected chi connectivity index (χ0v) is 26.1. The van der Waals surface area contributed by atoms with Crippen LogP contribution in [0.5, 0.6) is 17.4 Å². The summed E-state index contributed by atoms with van der Waals surface area (Å²) in [4.78, 5) is 34.8. The third-order valence-corrected chi connectivity index (χ3v) is 8.67. The topological polar surface area (TPSA) is 184 Å². The number of nitrogens with two attached hydrogens (primary N) is 1. The van der Waals surface area contributed by atoms with Gasteiger partial charge in [-0.2, -0.15) is 5.10 Å². The van der Waals surface area contributed by atoms with E-state index >= 15 is 0 Å². The Hall–Kier alpha value is -5.48. The lowest BCUT2D eigenvalue weighted by molar-refractivity contribution is -0.132. The summed E-state index contributed by atoms with van der Waals surface area (Å²) in [5, 5.41) is 4.86. The van der Waals surface area contributed by atoms with Crippen LogP contribution >= 0.6 is 0 Å². The third-order valence-electron chi connectivity index (χ3n) is 7.52. The van der Waals surface area contributed by atoms with E-state index in [-0.39, 0.29) is 40.1 Å². The first-order chi connectivity index (χ1) is 22.5. The van der Waals surface area contributed by atoms with Crippen molar-refractivity contribution in [2.24, 2.45) is 0 Å². The summed E-state index contributed by atoms with van der Waals surface area (Å²) in [6.07, 6.45) is 2.79. The number of amides is 1. The maximum atomic E-state index is 14.0. The number of H-pyrrole nitrogens is 1. The Kier molecular flexibility index (Phi) is 8.53. The highest BCUT2D eigenvalue weighted by atomic mass is 32.2. The van der Waals surface area contributed by atoms with Crippen LogP contribution in [0.3, 0.4) is 0 Å². The molecule has 3 aromatic heterocycles. The fraction of sp³-hybridized carbons (Fsp3) is 0.226. The van der Waals surface area contributed by atoms with Gasteiger partial charge in [-0.3, -0.25) is 14.3 Å². The molecule has 1 amide bonds. The van der Waals surface area contributed by atoms with Crippen molar-refractivity contribution >= 4 is 44.1 Å². The number of aromatic nitrogens is 4. The van der Waals surface area contributed by atoms with Crippen LogP contribution in [0.2, 0.25) is 0 Å². The Labute approximate surface area is 268 Å². The Morgan fingerprint density at radius 1 is 1.11 bits per heavy atom. The van der Waals surface area contributed by atoms with Crippen molar-refractivity contribution in [3.05, 3.63) is 83.6 Å². The molecular weight excluding hydrogens is 633 g/mol. The van der Waals surface area contributed by atoms with Gasteiger partial charge in [-0.1, -0.05) is 12.1 Å². The molecule has 2 aromatic carbocycles. The van der Waals surface area contributed by atoms with Crippen molar-refractivity contribution < 1.29 is 36.6 Å². The van der Waals surface area contributed by atoms with Crippen LogP contribution < -0.4 is 19.9 Å². The normalized spacial score (nSPS) is 13.5. The maximum Gasteiger partial charge on any atom is 0.241 e. The molecule has 244 valence electrons. The number of carbonyl (C=O) groups is 2. The number of hydrogen-bond donors (Lipinski definition) is 3. The average molecular weight is 664 g/mol. The first-order valence-corrected chi connectivity index (χ1v) is 16.0. The van der Waals surface area contributed by atoms with Gasteiger partial charge in [-0.05, 0) is 42.8 Å². The van der Waals surface area contributed by atoms with Gasteiger partial charge in [0.1, 0.15) is 17.3 Å². The Bertz CT molecular complexity index is 2110. The monoisotopic (exact) mass is 663 g/mol. The zero-order valence-electron chi connectivity index (χ0n) is 25.3. The number of morpholine rings is 1. The minimum atomic E-state index is -4.09. The highest BCUT2D eigenvalue weighted by Crippen LogP contribution is 2.33. The van der Waals surface area contributed by atoms with Crippen LogP contribution in [-0.2, 0) is 19.6 Å². The lowest BCUT2D eigenvalue weighted by Gasteiger charge is -2.26. The van der Waals surface area contributed by atoms with E-state index in [9.17, 15) is 22.4 Å². The third kappa shape index (κ3) is 6.59. The SMILES string of the molecule is COc1cc2cc(C(=O)c3cnn(-c4cnc(Oc5ccccc5F)cc4C)c3N)[nH]c2cc1NS(=O)(=O)CC(=O)N1CCOCC1. The smallest absolute Gasteiger partial charge is 0.241 e. The Morgan fingerprint density at radius 3 is 2.60 bits per heavy atom. The quantitative estimate of drug-likeness (QED) is 0.187. The molecule has 0 radical (unpaired) electrons. The molecule has 1 saturated heterocycles. The van der Waals surface area contributed by atoms with Gasteiger partial charge in [0.25, 0.3) is 0 Å². The lowest BCUT2D eigenvalue weighted by atomic mass is 10.1. The number of benzene rings is 2. The number of halogens is 1. The molecule has 0 spiro atoms. The molecule has 6 rings (SSSR count). The molecule has 5 aromatic rings. The number of ether oxygens (including phenoxy) is 3. The number of para-hydroxylation sites is 1. The van der Waals surface area contributed by atoms with Crippen molar-refractivity contribution in [3.8, 4) is 23.1 Å². The molecule has 47 heavy (non-hydrogen) atoms. The highest BCUT2D eigenvalue weighted by molar-refractivity contribution is 7.93. The summed E-state index contributed by atoms with van der Waals surface area (Å²) in [7, 11) is -2.71. The van der Waals surface area contributed by atoms with Crippen LogP contribution in [0.1, 0.15) is 21.6 Å². The van der Waals surface area contributed by atoms with Gasteiger partial charge < -0.3 is 29.8 Å². The second-order valence-corrected chi connectivity index (χ2v) is 12.4. The number of aromatic amines is 1. The first kappa shape index (κ1) is 31.5. The Balaban J connectivity index is 1.22. The molecule has 16 heteroatoms. The zero-order chi connectivity index (χ0) is 33.3. The largest absolute Gasteiger partial charge is 0.495 e. The predicted octanol–water partition coefficient (Wildman–Crippen LogP) is 3.41. The molecule has 4 heterocycles. The van der Waals surface area contributed by atoms with Crippen LogP contribution in [0, 0.1) is 12.7 Å². The number of nitrogens with zero attached hydrogens (tertiary/aromatic N) is 4. The standard InChI is InChI=1S/C31H30FN7O7S/c1-18-11-28(46-26-6-4-3-5-21(26)32)34-16-25(18)39-31(33)20(15-35-39)30(41)24-12-19-13-27(44-2)23(14-22(19)36-24)37-47(42,43)17-29(40)38-7-9-45-10-8-38/h3-6,11-16,36-37H,7-10,17,33H2,1-2H3. The van der Waals surface area contributed by atoms with Crippen LogP contribution in [0.4, 0.5) is 15.9 Å². The van der Waals surface area contributed by atoms with Crippen molar-refractivity contribution in [2.75, 3.05) is 49.6 Å². The first-order valence-electron chi connectivity index (χ1n) is 14.4. The molecule has 1 aliphatic heterocycles. The van der Waals surface area contributed by atoms with Crippen molar-refractivity contribution in [3.63, 3.8) is 0 Å². The summed E-state index contributed by atoms with van der Waals surface area (Å²) in [6, 6.07) is 12.2. The number of carbonyl (C=O) groups excluding carboxylic acids is 2. The van der Waals surface area contributed by atoms with Crippen LogP contribution in [-0.4, -0.2) is 83.9 Å². The average Bonchev–Trinajstić information content (AvgIpc) is 3.64. The number of anilines is 2. The summed E-state index contributed by atoms with van der Waals surface area (Å²) >= 11 is 0. The van der Waals surface area contributed by atoms with Crippen molar-refractivity contribution in [1.29, 1.82) is 0 Å². The second-order valence-electron chi connectivity index (χ2n) is 10.7. The van der Waals surface area contributed by atoms with E-state index in [2.05, 4.69) is 19.8 Å². The fourth-order valence-corrected chi connectivity index (χ4v) is 6.19. The molecule has 4 N–H and O–H groups in total. The van der Waals surface area contributed by atoms with Gasteiger partial charge in [0.05, 0.1) is 55.3 Å². The Morgan fingerprint density at radius 2 is 1.87 bits per heavy atom. The number of pyridine rings is 1. The fourth-order valence-electron chi connectivity index (χ4n) is 5.11.